The molecule has 0 amide bonds. The minimum Gasteiger partial charge on any atom is -0.383 e. The van der Waals surface area contributed by atoms with E-state index in [-0.39, 0.29) is 6.04 Å². The molecule has 5 nitrogen and oxygen atoms in total. The molecule has 110 valence electrons. The van der Waals surface area contributed by atoms with Crippen LogP contribution in [0.15, 0.2) is 11.6 Å². The van der Waals surface area contributed by atoms with Crippen molar-refractivity contribution in [2.75, 3.05) is 13.7 Å². The van der Waals surface area contributed by atoms with Crippen molar-refractivity contribution in [3.05, 3.63) is 37.8 Å². The Bertz CT molecular complexity index is 584. The Balaban J connectivity index is 2.41. The molecule has 2 aromatic rings. The molecule has 0 spiro atoms. The van der Waals surface area contributed by atoms with Crippen molar-refractivity contribution >= 4 is 34.5 Å². The lowest BCUT2D eigenvalue weighted by Gasteiger charge is -2.18. The lowest BCUT2D eigenvalue weighted by molar-refractivity contribution is 0.182. The molecule has 20 heavy (non-hydrogen) atoms. The second kappa shape index (κ2) is 6.89. The molecule has 0 saturated carbocycles. The molecule has 0 fully saturated rings. The second-order valence-corrected chi connectivity index (χ2v) is 5.99. The van der Waals surface area contributed by atoms with Crippen LogP contribution in [0.1, 0.15) is 22.2 Å². The normalized spacial score (nSPS) is 12.8. The first-order valence-electron chi connectivity index (χ1n) is 5.99. The Kier molecular flexibility index (Phi) is 5.42. The van der Waals surface area contributed by atoms with Crippen LogP contribution in [0.5, 0.6) is 0 Å². The summed E-state index contributed by atoms with van der Waals surface area (Å²) in [7, 11) is 1.64. The largest absolute Gasteiger partial charge is 0.383 e. The maximum Gasteiger partial charge on any atom is 0.1000 e. The number of halogens is 2. The topological polar surface area (TPSA) is 65.1 Å². The van der Waals surface area contributed by atoms with E-state index in [2.05, 4.69) is 10.5 Å². The van der Waals surface area contributed by atoms with Gasteiger partial charge in [-0.25, -0.2) is 5.43 Å². The highest BCUT2D eigenvalue weighted by Crippen LogP contribution is 2.37. The number of nitrogens with two attached hydrogens (primary N) is 1. The number of aryl methyl sites for hydroxylation is 1. The van der Waals surface area contributed by atoms with Crippen LogP contribution in [0.2, 0.25) is 10.0 Å². The summed E-state index contributed by atoms with van der Waals surface area (Å²) in [5.41, 5.74) is 4.58. The van der Waals surface area contributed by atoms with E-state index in [1.807, 2.05) is 12.3 Å². The third-order valence-electron chi connectivity index (χ3n) is 2.97. The van der Waals surface area contributed by atoms with Crippen molar-refractivity contribution in [2.45, 2.75) is 19.5 Å². The second-order valence-electron chi connectivity index (χ2n) is 4.29. The van der Waals surface area contributed by atoms with Crippen LogP contribution in [0.4, 0.5) is 0 Å². The van der Waals surface area contributed by atoms with E-state index in [1.54, 1.807) is 29.3 Å². The van der Waals surface area contributed by atoms with Gasteiger partial charge in [0.05, 0.1) is 41.1 Å². The first-order chi connectivity index (χ1) is 9.60. The van der Waals surface area contributed by atoms with E-state index in [1.165, 1.54) is 0 Å². The van der Waals surface area contributed by atoms with E-state index < -0.39 is 0 Å². The molecule has 0 aliphatic rings. The number of methoxy groups -OCH3 is 1. The van der Waals surface area contributed by atoms with E-state index in [0.717, 1.165) is 16.1 Å². The standard InChI is InChI=1S/C12H16Cl2N4OS/c1-7-6-20-12(9(7)14)10(17-15)11-8(13)5-16-18(11)3-4-19-2/h5-6,10,17H,3-4,15H2,1-2H3. The number of nitrogens with zero attached hydrogens (tertiary/aromatic N) is 2. The van der Waals surface area contributed by atoms with E-state index in [0.29, 0.717) is 23.2 Å². The molecule has 0 bridgehead atoms. The summed E-state index contributed by atoms with van der Waals surface area (Å²) in [6, 6.07) is -0.298. The molecule has 2 heterocycles. The number of aromatic nitrogens is 2. The van der Waals surface area contributed by atoms with Crippen LogP contribution in [0.25, 0.3) is 0 Å². The Morgan fingerprint density at radius 1 is 1.55 bits per heavy atom. The number of ether oxygens (including phenoxy) is 1. The van der Waals surface area contributed by atoms with Gasteiger partial charge >= 0.3 is 0 Å². The average molecular weight is 335 g/mol. The minimum atomic E-state index is -0.298. The highest BCUT2D eigenvalue weighted by molar-refractivity contribution is 7.10. The van der Waals surface area contributed by atoms with Gasteiger partial charge in [-0.15, -0.1) is 11.3 Å². The molecule has 1 unspecified atom stereocenters. The van der Waals surface area contributed by atoms with Gasteiger partial charge in [-0.2, -0.15) is 5.10 Å². The highest BCUT2D eigenvalue weighted by Gasteiger charge is 2.25. The third-order valence-corrected chi connectivity index (χ3v) is 5.04. The van der Waals surface area contributed by atoms with E-state index >= 15 is 0 Å². The van der Waals surface area contributed by atoms with Crippen molar-refractivity contribution in [3.63, 3.8) is 0 Å². The molecule has 1 atom stereocenters. The van der Waals surface area contributed by atoms with Gasteiger partial charge in [0.1, 0.15) is 0 Å². The van der Waals surface area contributed by atoms with Crippen molar-refractivity contribution < 1.29 is 4.74 Å². The maximum atomic E-state index is 6.33. The van der Waals surface area contributed by atoms with Crippen LogP contribution in [0, 0.1) is 6.92 Å². The maximum absolute atomic E-state index is 6.33. The summed E-state index contributed by atoms with van der Waals surface area (Å²) in [6.45, 7) is 3.10. The molecule has 0 aromatic carbocycles. The zero-order chi connectivity index (χ0) is 14.7. The summed E-state index contributed by atoms with van der Waals surface area (Å²) in [6.07, 6.45) is 1.60. The molecular formula is C12H16Cl2N4OS. The van der Waals surface area contributed by atoms with Gasteiger partial charge in [-0.05, 0) is 17.9 Å². The van der Waals surface area contributed by atoms with Gasteiger partial charge in [-0.1, -0.05) is 23.2 Å². The molecular weight excluding hydrogens is 319 g/mol. The third kappa shape index (κ3) is 3.00. The first-order valence-corrected chi connectivity index (χ1v) is 7.63. The summed E-state index contributed by atoms with van der Waals surface area (Å²) in [5, 5.41) is 7.50. The summed E-state index contributed by atoms with van der Waals surface area (Å²) >= 11 is 14.1. The first kappa shape index (κ1) is 15.8. The lowest BCUT2D eigenvalue weighted by Crippen LogP contribution is -2.31. The summed E-state index contributed by atoms with van der Waals surface area (Å²) in [5.74, 6) is 5.71. The van der Waals surface area contributed by atoms with Crippen LogP contribution in [-0.4, -0.2) is 23.5 Å². The molecule has 0 aliphatic heterocycles. The van der Waals surface area contributed by atoms with Gasteiger partial charge in [0, 0.05) is 12.0 Å². The Hall–Kier alpha value is -0.630. The van der Waals surface area contributed by atoms with E-state index in [9.17, 15) is 0 Å². The SMILES string of the molecule is COCCn1ncc(Cl)c1C(NN)c1scc(C)c1Cl. The Morgan fingerprint density at radius 2 is 2.30 bits per heavy atom. The van der Waals surface area contributed by atoms with Crippen LogP contribution < -0.4 is 11.3 Å². The van der Waals surface area contributed by atoms with Crippen molar-refractivity contribution in [1.82, 2.24) is 15.2 Å². The van der Waals surface area contributed by atoms with Gasteiger partial charge in [0.2, 0.25) is 0 Å². The highest BCUT2D eigenvalue weighted by atomic mass is 35.5. The quantitative estimate of drug-likeness (QED) is 0.629. The molecule has 0 radical (unpaired) electrons. The molecule has 3 N–H and O–H groups in total. The molecule has 0 saturated heterocycles. The lowest BCUT2D eigenvalue weighted by atomic mass is 10.1. The van der Waals surface area contributed by atoms with Gasteiger partial charge in [-0.3, -0.25) is 10.5 Å². The van der Waals surface area contributed by atoms with Crippen LogP contribution >= 0.6 is 34.5 Å². The predicted molar refractivity (Wildman–Crippen MR) is 82.3 cm³/mol. The minimum absolute atomic E-state index is 0.298. The Labute approximate surface area is 131 Å². The number of hydrogen-bond donors (Lipinski definition) is 2. The average Bonchev–Trinajstić information content (AvgIpc) is 2.96. The smallest absolute Gasteiger partial charge is 0.1000 e. The van der Waals surface area contributed by atoms with Crippen molar-refractivity contribution in [1.29, 1.82) is 0 Å². The molecule has 0 aliphatic carbocycles. The molecule has 2 aromatic heterocycles. The summed E-state index contributed by atoms with van der Waals surface area (Å²) in [4.78, 5) is 0.924. The fourth-order valence-corrected chi connectivity index (χ4v) is 3.55. The number of nitrogens with one attached hydrogen (secondary N) is 1. The van der Waals surface area contributed by atoms with Crippen LogP contribution in [-0.2, 0) is 11.3 Å². The fraction of sp³-hybridized carbons (Fsp3) is 0.417. The van der Waals surface area contributed by atoms with Gasteiger partial charge < -0.3 is 4.74 Å². The number of rotatable bonds is 6. The predicted octanol–water partition coefficient (Wildman–Crippen LogP) is 2.76. The molecule has 2 rings (SSSR count). The van der Waals surface area contributed by atoms with Crippen molar-refractivity contribution in [3.8, 4) is 0 Å². The van der Waals surface area contributed by atoms with Gasteiger partial charge in [0.25, 0.3) is 0 Å². The zero-order valence-electron chi connectivity index (χ0n) is 11.2. The number of hydrogen-bond acceptors (Lipinski definition) is 5. The zero-order valence-corrected chi connectivity index (χ0v) is 13.5. The van der Waals surface area contributed by atoms with Gasteiger partial charge in [0.15, 0.2) is 0 Å². The van der Waals surface area contributed by atoms with Crippen molar-refractivity contribution in [2.24, 2.45) is 5.84 Å². The number of thiophene rings is 1. The Morgan fingerprint density at radius 3 is 2.85 bits per heavy atom. The molecule has 8 heteroatoms. The fourth-order valence-electron chi connectivity index (χ4n) is 1.94. The number of hydrazine groups is 1. The monoisotopic (exact) mass is 334 g/mol. The van der Waals surface area contributed by atoms with Crippen LogP contribution in [0.3, 0.4) is 0 Å². The van der Waals surface area contributed by atoms with E-state index in [4.69, 9.17) is 33.8 Å². The summed E-state index contributed by atoms with van der Waals surface area (Å²) < 4.78 is 6.86.